The minimum absolute atomic E-state index is 0.0868. The topological polar surface area (TPSA) is 66.8 Å². The second kappa shape index (κ2) is 6.57. The zero-order valence-electron chi connectivity index (χ0n) is 12.4. The van der Waals surface area contributed by atoms with E-state index in [-0.39, 0.29) is 18.1 Å². The van der Waals surface area contributed by atoms with Gasteiger partial charge in [0.2, 0.25) is 5.91 Å². The van der Waals surface area contributed by atoms with Crippen molar-refractivity contribution < 1.29 is 19.4 Å². The maximum atomic E-state index is 12.3. The van der Waals surface area contributed by atoms with Crippen LogP contribution in [0.3, 0.4) is 0 Å². The van der Waals surface area contributed by atoms with E-state index in [1.165, 1.54) is 0 Å². The van der Waals surface area contributed by atoms with E-state index in [1.54, 1.807) is 11.8 Å². The second-order valence-electron chi connectivity index (χ2n) is 6.20. The van der Waals surface area contributed by atoms with Gasteiger partial charge in [-0.2, -0.15) is 0 Å². The fourth-order valence-corrected chi connectivity index (χ4v) is 2.74. The number of hydrogen-bond acceptors (Lipinski definition) is 3. The van der Waals surface area contributed by atoms with Crippen LogP contribution < -0.4 is 0 Å². The van der Waals surface area contributed by atoms with Crippen molar-refractivity contribution in [3.63, 3.8) is 0 Å². The van der Waals surface area contributed by atoms with E-state index < -0.39 is 11.9 Å². The van der Waals surface area contributed by atoms with Gasteiger partial charge in [-0.15, -0.1) is 0 Å². The minimum atomic E-state index is -0.837. The minimum Gasteiger partial charge on any atom is -0.481 e. The van der Waals surface area contributed by atoms with Crippen LogP contribution in [0.4, 0.5) is 0 Å². The lowest BCUT2D eigenvalue weighted by Crippen LogP contribution is -2.38. The Bertz CT molecular complexity index is 367. The lowest BCUT2D eigenvalue weighted by atomic mass is 10.1. The van der Waals surface area contributed by atoms with Crippen molar-refractivity contribution in [2.45, 2.75) is 70.6 Å². The van der Waals surface area contributed by atoms with Gasteiger partial charge >= 0.3 is 5.97 Å². The summed E-state index contributed by atoms with van der Waals surface area (Å²) < 4.78 is 5.72. The maximum Gasteiger partial charge on any atom is 0.308 e. The molecule has 5 nitrogen and oxygen atoms in total. The van der Waals surface area contributed by atoms with Crippen LogP contribution in [0.1, 0.15) is 52.4 Å². The molecule has 1 aliphatic carbocycles. The lowest BCUT2D eigenvalue weighted by molar-refractivity contribution is -0.143. The summed E-state index contributed by atoms with van der Waals surface area (Å²) in [4.78, 5) is 25.0. The average molecular weight is 283 g/mol. The summed E-state index contributed by atoms with van der Waals surface area (Å²) in [7, 11) is 0. The largest absolute Gasteiger partial charge is 0.481 e. The number of carbonyl (C=O) groups excluding carboxylic acids is 1. The lowest BCUT2D eigenvalue weighted by Gasteiger charge is -2.25. The molecule has 1 amide bonds. The number of amides is 1. The molecule has 1 saturated carbocycles. The molecule has 0 aromatic carbocycles. The molecule has 3 atom stereocenters. The van der Waals surface area contributed by atoms with Crippen LogP contribution in [0.15, 0.2) is 0 Å². The molecule has 1 heterocycles. The van der Waals surface area contributed by atoms with Gasteiger partial charge in [-0.1, -0.05) is 6.92 Å². The summed E-state index contributed by atoms with van der Waals surface area (Å²) in [6.45, 7) is 4.06. The smallest absolute Gasteiger partial charge is 0.308 e. The third-order valence-electron chi connectivity index (χ3n) is 4.20. The highest BCUT2D eigenvalue weighted by atomic mass is 16.5. The van der Waals surface area contributed by atoms with Gasteiger partial charge in [0.15, 0.2) is 0 Å². The Kier molecular flexibility index (Phi) is 5.02. The SMILES string of the molecule is C[C@@H]1CC[C@H](CCC(=O)N(C[C@H](C)C(=O)O)C2CC2)O1. The zero-order valence-corrected chi connectivity index (χ0v) is 12.4. The molecule has 1 saturated heterocycles. The van der Waals surface area contributed by atoms with Crippen molar-refractivity contribution in [2.24, 2.45) is 5.92 Å². The first-order valence-corrected chi connectivity index (χ1v) is 7.65. The highest BCUT2D eigenvalue weighted by Crippen LogP contribution is 2.29. The molecule has 2 fully saturated rings. The number of aliphatic carboxylic acids is 1. The molecule has 1 N–H and O–H groups in total. The maximum absolute atomic E-state index is 12.3. The zero-order chi connectivity index (χ0) is 14.7. The van der Waals surface area contributed by atoms with E-state index >= 15 is 0 Å². The third-order valence-corrected chi connectivity index (χ3v) is 4.20. The van der Waals surface area contributed by atoms with Crippen LogP contribution in [0.2, 0.25) is 0 Å². The highest BCUT2D eigenvalue weighted by Gasteiger charge is 2.34. The molecule has 5 heteroatoms. The van der Waals surface area contributed by atoms with Crippen LogP contribution in [-0.4, -0.2) is 46.7 Å². The molecule has 0 radical (unpaired) electrons. The Hall–Kier alpha value is -1.10. The van der Waals surface area contributed by atoms with Crippen molar-refractivity contribution in [2.75, 3.05) is 6.54 Å². The molecular weight excluding hydrogens is 258 g/mol. The molecule has 2 rings (SSSR count). The van der Waals surface area contributed by atoms with E-state index in [4.69, 9.17) is 9.84 Å². The fraction of sp³-hybridized carbons (Fsp3) is 0.867. The number of hydrogen-bond donors (Lipinski definition) is 1. The predicted octanol–water partition coefficient (Wildman–Crippen LogP) is 2.05. The summed E-state index contributed by atoms with van der Waals surface area (Å²) >= 11 is 0. The monoisotopic (exact) mass is 283 g/mol. The summed E-state index contributed by atoms with van der Waals surface area (Å²) in [5.41, 5.74) is 0. The molecule has 20 heavy (non-hydrogen) atoms. The summed E-state index contributed by atoms with van der Waals surface area (Å²) in [5, 5.41) is 8.99. The first-order valence-electron chi connectivity index (χ1n) is 7.65. The third kappa shape index (κ3) is 4.20. The van der Waals surface area contributed by atoms with Gasteiger partial charge in [-0.25, -0.2) is 0 Å². The average Bonchev–Trinajstić information content (AvgIpc) is 3.15. The van der Waals surface area contributed by atoms with Gasteiger partial charge < -0.3 is 14.7 Å². The highest BCUT2D eigenvalue weighted by molar-refractivity contribution is 5.78. The van der Waals surface area contributed by atoms with E-state index in [0.717, 1.165) is 32.1 Å². The molecule has 0 spiro atoms. The van der Waals surface area contributed by atoms with Crippen LogP contribution >= 0.6 is 0 Å². The molecule has 0 unspecified atom stereocenters. The van der Waals surface area contributed by atoms with Crippen LogP contribution in [0, 0.1) is 5.92 Å². The molecule has 0 aromatic heterocycles. The Morgan fingerprint density at radius 3 is 2.50 bits per heavy atom. The first-order chi connectivity index (χ1) is 9.47. The number of rotatable bonds is 7. The Balaban J connectivity index is 1.79. The summed E-state index contributed by atoms with van der Waals surface area (Å²) in [5.74, 6) is -1.25. The second-order valence-corrected chi connectivity index (χ2v) is 6.20. The molecule has 1 aliphatic heterocycles. The quantitative estimate of drug-likeness (QED) is 0.776. The van der Waals surface area contributed by atoms with Crippen LogP contribution in [-0.2, 0) is 14.3 Å². The number of nitrogens with zero attached hydrogens (tertiary/aromatic N) is 1. The van der Waals surface area contributed by atoms with Gasteiger partial charge in [0.05, 0.1) is 18.1 Å². The van der Waals surface area contributed by atoms with E-state index in [0.29, 0.717) is 19.1 Å². The standard InChI is InChI=1S/C15H25NO4/c1-10(15(18)19)9-16(12-4-5-12)14(17)8-7-13-6-3-11(2)20-13/h10-13H,3-9H2,1-2H3,(H,18,19)/t10-,11+,13+/m0/s1. The Morgan fingerprint density at radius 2 is 2.00 bits per heavy atom. The molecule has 0 bridgehead atoms. The van der Waals surface area contributed by atoms with Gasteiger partial charge in [-0.3, -0.25) is 9.59 Å². The Morgan fingerprint density at radius 1 is 1.30 bits per heavy atom. The van der Waals surface area contributed by atoms with Crippen molar-refractivity contribution in [3.8, 4) is 0 Å². The molecule has 2 aliphatic rings. The van der Waals surface area contributed by atoms with Crippen molar-refractivity contribution >= 4 is 11.9 Å². The Labute approximate surface area is 120 Å². The summed E-state index contributed by atoms with van der Waals surface area (Å²) in [6, 6.07) is 0.271. The number of carboxylic acids is 1. The van der Waals surface area contributed by atoms with E-state index in [1.807, 2.05) is 0 Å². The molecule has 0 aromatic rings. The van der Waals surface area contributed by atoms with Gasteiger partial charge in [0, 0.05) is 19.0 Å². The fourth-order valence-electron chi connectivity index (χ4n) is 2.74. The number of ether oxygens (including phenoxy) is 1. The molecule has 114 valence electrons. The molecular formula is C15H25NO4. The van der Waals surface area contributed by atoms with Gasteiger partial charge in [0.25, 0.3) is 0 Å². The van der Waals surface area contributed by atoms with Crippen LogP contribution in [0.5, 0.6) is 0 Å². The van der Waals surface area contributed by atoms with Crippen molar-refractivity contribution in [1.29, 1.82) is 0 Å². The van der Waals surface area contributed by atoms with E-state index in [9.17, 15) is 9.59 Å². The van der Waals surface area contributed by atoms with Gasteiger partial charge in [-0.05, 0) is 39.0 Å². The summed E-state index contributed by atoms with van der Waals surface area (Å²) in [6.07, 6.45) is 5.86. The van der Waals surface area contributed by atoms with Gasteiger partial charge in [0.1, 0.15) is 0 Å². The predicted molar refractivity (Wildman–Crippen MR) is 74.3 cm³/mol. The number of carbonyl (C=O) groups is 2. The normalized spacial score (nSPS) is 27.3. The van der Waals surface area contributed by atoms with Crippen molar-refractivity contribution in [3.05, 3.63) is 0 Å². The first kappa shape index (κ1) is 15.3. The van der Waals surface area contributed by atoms with Crippen molar-refractivity contribution in [1.82, 2.24) is 4.90 Å². The van der Waals surface area contributed by atoms with Crippen LogP contribution in [0.25, 0.3) is 0 Å². The van der Waals surface area contributed by atoms with E-state index in [2.05, 4.69) is 6.92 Å². The number of carboxylic acid groups (broad SMARTS) is 1.